The van der Waals surface area contributed by atoms with Crippen LogP contribution in [0.1, 0.15) is 33.6 Å². The summed E-state index contributed by atoms with van der Waals surface area (Å²) in [6, 6.07) is -0.0605. The number of nitrogens with one attached hydrogen (secondary N) is 1. The molecule has 6 heteroatoms. The molecule has 102 valence electrons. The minimum absolute atomic E-state index is 0.0605. The van der Waals surface area contributed by atoms with Crippen LogP contribution in [0.2, 0.25) is 0 Å². The summed E-state index contributed by atoms with van der Waals surface area (Å²) in [6.45, 7) is 6.37. The SMILES string of the molecule is CC/C=C/C(C)N=C(CC(=O)NCC)C(N)=NN. The highest BCUT2D eigenvalue weighted by Gasteiger charge is 2.11. The van der Waals surface area contributed by atoms with Crippen LogP contribution < -0.4 is 16.9 Å². The lowest BCUT2D eigenvalue weighted by atomic mass is 10.2. The molecule has 0 rings (SSSR count). The third-order valence-corrected chi connectivity index (χ3v) is 2.15. The van der Waals surface area contributed by atoms with Crippen molar-refractivity contribution in [1.82, 2.24) is 5.32 Å². The van der Waals surface area contributed by atoms with Crippen molar-refractivity contribution in [1.29, 1.82) is 0 Å². The summed E-state index contributed by atoms with van der Waals surface area (Å²) < 4.78 is 0. The standard InChI is InChI=1S/C12H23N5O/c1-4-6-7-9(3)16-10(12(13)17-14)8-11(18)15-5-2/h6-7,9H,4-5,8,14H2,1-3H3,(H2,13,17)(H,15,18)/b7-6+,16-10?. The molecule has 6 nitrogen and oxygen atoms in total. The van der Waals surface area contributed by atoms with Crippen LogP contribution in [0.15, 0.2) is 22.2 Å². The molecule has 0 aromatic rings. The van der Waals surface area contributed by atoms with E-state index in [1.165, 1.54) is 0 Å². The van der Waals surface area contributed by atoms with Crippen LogP contribution in [0.4, 0.5) is 0 Å². The largest absolute Gasteiger partial charge is 0.381 e. The minimum atomic E-state index is -0.144. The maximum atomic E-state index is 11.5. The van der Waals surface area contributed by atoms with Crippen molar-refractivity contribution in [2.45, 2.75) is 39.7 Å². The highest BCUT2D eigenvalue weighted by Crippen LogP contribution is 1.98. The zero-order valence-corrected chi connectivity index (χ0v) is 11.3. The number of carbonyl (C=O) groups excluding carboxylic acids is 1. The lowest BCUT2D eigenvalue weighted by Crippen LogP contribution is -2.33. The number of hydrogen-bond acceptors (Lipinski definition) is 4. The number of carbonyl (C=O) groups is 1. The number of nitrogens with zero attached hydrogens (tertiary/aromatic N) is 2. The van der Waals surface area contributed by atoms with Crippen LogP contribution in [-0.2, 0) is 4.79 Å². The van der Waals surface area contributed by atoms with Gasteiger partial charge in [-0.05, 0) is 20.3 Å². The first kappa shape index (κ1) is 16.1. The molecule has 18 heavy (non-hydrogen) atoms. The Labute approximate surface area is 108 Å². The number of amidine groups is 1. The zero-order valence-electron chi connectivity index (χ0n) is 11.3. The first-order chi connectivity index (χ1) is 8.54. The summed E-state index contributed by atoms with van der Waals surface area (Å²) in [5, 5.41) is 6.08. The van der Waals surface area contributed by atoms with Gasteiger partial charge in [0, 0.05) is 6.54 Å². The normalized spacial score (nSPS) is 14.8. The monoisotopic (exact) mass is 253 g/mol. The highest BCUT2D eigenvalue weighted by atomic mass is 16.1. The maximum absolute atomic E-state index is 11.5. The number of hydrogen-bond donors (Lipinski definition) is 3. The van der Waals surface area contributed by atoms with Crippen molar-refractivity contribution < 1.29 is 4.79 Å². The first-order valence-electron chi connectivity index (χ1n) is 6.08. The summed E-state index contributed by atoms with van der Waals surface area (Å²) in [6.07, 6.45) is 4.98. The van der Waals surface area contributed by atoms with Crippen molar-refractivity contribution in [2.75, 3.05) is 6.54 Å². The second kappa shape index (κ2) is 9.21. The van der Waals surface area contributed by atoms with Gasteiger partial charge < -0.3 is 16.9 Å². The van der Waals surface area contributed by atoms with Crippen molar-refractivity contribution in [2.24, 2.45) is 21.7 Å². The molecule has 0 saturated heterocycles. The number of aliphatic imine (C=N–C) groups is 1. The average Bonchev–Trinajstić information content (AvgIpc) is 2.34. The summed E-state index contributed by atoms with van der Waals surface area (Å²) in [5.74, 6) is 5.08. The Balaban J connectivity index is 4.83. The molecule has 0 spiro atoms. The fraction of sp³-hybridized carbons (Fsp3) is 0.583. The van der Waals surface area contributed by atoms with Gasteiger partial charge in [-0.1, -0.05) is 19.1 Å². The van der Waals surface area contributed by atoms with E-state index in [0.717, 1.165) is 6.42 Å². The third-order valence-electron chi connectivity index (χ3n) is 2.15. The second-order valence-electron chi connectivity index (χ2n) is 3.80. The fourth-order valence-electron chi connectivity index (χ4n) is 1.31. The molecule has 0 aliphatic rings. The molecule has 0 aliphatic carbocycles. The summed E-state index contributed by atoms with van der Waals surface area (Å²) in [4.78, 5) is 15.8. The predicted octanol–water partition coefficient (Wildman–Crippen LogP) is 0.539. The first-order valence-corrected chi connectivity index (χ1v) is 6.08. The lowest BCUT2D eigenvalue weighted by Gasteiger charge is -2.08. The Morgan fingerprint density at radius 1 is 1.44 bits per heavy atom. The van der Waals surface area contributed by atoms with Crippen molar-refractivity contribution in [3.8, 4) is 0 Å². The molecular weight excluding hydrogens is 230 g/mol. The number of amides is 1. The van der Waals surface area contributed by atoms with E-state index in [2.05, 4.69) is 15.4 Å². The molecule has 0 heterocycles. The Kier molecular flexibility index (Phi) is 8.26. The molecular formula is C12H23N5O. The predicted molar refractivity (Wildman–Crippen MR) is 75.4 cm³/mol. The van der Waals surface area contributed by atoms with Gasteiger partial charge in [0.25, 0.3) is 0 Å². The summed E-state index contributed by atoms with van der Waals surface area (Å²) in [7, 11) is 0. The third kappa shape index (κ3) is 6.67. The van der Waals surface area contributed by atoms with Crippen molar-refractivity contribution in [3.63, 3.8) is 0 Å². The lowest BCUT2D eigenvalue weighted by molar-refractivity contribution is -0.119. The van der Waals surface area contributed by atoms with E-state index < -0.39 is 0 Å². The Morgan fingerprint density at radius 3 is 2.61 bits per heavy atom. The van der Waals surface area contributed by atoms with Crippen LogP contribution in [0.5, 0.6) is 0 Å². The molecule has 0 radical (unpaired) electrons. The van der Waals surface area contributed by atoms with Gasteiger partial charge in [0.15, 0.2) is 5.84 Å². The maximum Gasteiger partial charge on any atom is 0.226 e. The molecule has 5 N–H and O–H groups in total. The number of allylic oxidation sites excluding steroid dienone is 1. The smallest absolute Gasteiger partial charge is 0.226 e. The van der Waals surface area contributed by atoms with E-state index in [-0.39, 0.29) is 24.2 Å². The van der Waals surface area contributed by atoms with Crippen LogP contribution >= 0.6 is 0 Å². The number of nitrogens with two attached hydrogens (primary N) is 2. The summed E-state index contributed by atoms with van der Waals surface area (Å²) in [5.41, 5.74) is 6.04. The molecule has 0 aliphatic heterocycles. The molecule has 1 atom stereocenters. The second-order valence-corrected chi connectivity index (χ2v) is 3.80. The van der Waals surface area contributed by atoms with Gasteiger partial charge in [0.05, 0.1) is 18.2 Å². The fourth-order valence-corrected chi connectivity index (χ4v) is 1.31. The number of rotatable bonds is 7. The molecule has 0 aromatic carbocycles. The van der Waals surface area contributed by atoms with Gasteiger partial charge in [-0.25, -0.2) is 0 Å². The molecule has 0 bridgehead atoms. The van der Waals surface area contributed by atoms with Gasteiger partial charge in [-0.2, -0.15) is 5.10 Å². The Hall–Kier alpha value is -1.85. The summed E-state index contributed by atoms with van der Waals surface area (Å²) >= 11 is 0. The van der Waals surface area contributed by atoms with Gasteiger partial charge in [0.1, 0.15) is 0 Å². The van der Waals surface area contributed by atoms with Gasteiger partial charge in [-0.3, -0.25) is 9.79 Å². The zero-order chi connectivity index (χ0) is 14.0. The van der Waals surface area contributed by atoms with Gasteiger partial charge >= 0.3 is 0 Å². The van der Waals surface area contributed by atoms with E-state index in [4.69, 9.17) is 11.6 Å². The van der Waals surface area contributed by atoms with Crippen LogP contribution in [0.25, 0.3) is 0 Å². The highest BCUT2D eigenvalue weighted by molar-refractivity contribution is 6.43. The molecule has 0 fully saturated rings. The molecule has 1 unspecified atom stereocenters. The van der Waals surface area contributed by atoms with Crippen LogP contribution in [0, 0.1) is 0 Å². The van der Waals surface area contributed by atoms with Crippen LogP contribution in [0.3, 0.4) is 0 Å². The quantitative estimate of drug-likeness (QED) is 0.203. The Morgan fingerprint density at radius 2 is 2.11 bits per heavy atom. The molecule has 0 saturated carbocycles. The van der Waals surface area contributed by atoms with E-state index in [0.29, 0.717) is 12.3 Å². The number of hydrazone groups is 1. The Bertz CT molecular complexity index is 346. The molecule has 1 amide bonds. The average molecular weight is 253 g/mol. The van der Waals surface area contributed by atoms with Crippen molar-refractivity contribution in [3.05, 3.63) is 12.2 Å². The van der Waals surface area contributed by atoms with E-state index >= 15 is 0 Å². The van der Waals surface area contributed by atoms with Gasteiger partial charge in [-0.15, -0.1) is 0 Å². The van der Waals surface area contributed by atoms with Crippen LogP contribution in [-0.4, -0.2) is 30.0 Å². The van der Waals surface area contributed by atoms with E-state index in [1.807, 2.05) is 32.9 Å². The van der Waals surface area contributed by atoms with E-state index in [1.54, 1.807) is 0 Å². The minimum Gasteiger partial charge on any atom is -0.381 e. The topological polar surface area (TPSA) is 106 Å². The van der Waals surface area contributed by atoms with Crippen molar-refractivity contribution >= 4 is 17.5 Å². The van der Waals surface area contributed by atoms with Gasteiger partial charge in [0.2, 0.25) is 5.91 Å². The van der Waals surface area contributed by atoms with E-state index in [9.17, 15) is 4.79 Å². The molecule has 0 aromatic heterocycles.